The van der Waals surface area contributed by atoms with Gasteiger partial charge in [-0.25, -0.2) is 27.5 Å². The fraction of sp³-hybridized carbons (Fsp3) is 0.125. The van der Waals surface area contributed by atoms with Crippen LogP contribution >= 0.6 is 0 Å². The van der Waals surface area contributed by atoms with Crippen LogP contribution in [0.1, 0.15) is 5.56 Å². The first-order valence-corrected chi connectivity index (χ1v) is 6.83. The smallest absolute Gasteiger partial charge is 0.162 e. The summed E-state index contributed by atoms with van der Waals surface area (Å²) in [6.45, 7) is 0.242. The van der Waals surface area contributed by atoms with Crippen LogP contribution in [0.2, 0.25) is 0 Å². The lowest BCUT2D eigenvalue weighted by atomic mass is 10.1. The van der Waals surface area contributed by atoms with Crippen LogP contribution in [-0.2, 0) is 6.42 Å². The molecule has 0 unspecified atom stereocenters. The predicted molar refractivity (Wildman–Crippen MR) is 78.0 cm³/mol. The Balaban J connectivity index is 1.80. The van der Waals surface area contributed by atoms with Crippen molar-refractivity contribution in [3.8, 4) is 0 Å². The second-order valence-electron chi connectivity index (χ2n) is 4.90. The third-order valence-corrected chi connectivity index (χ3v) is 3.40. The number of anilines is 1. The van der Waals surface area contributed by atoms with Gasteiger partial charge in [-0.05, 0) is 24.1 Å². The largest absolute Gasteiger partial charge is 0.369 e. The highest BCUT2D eigenvalue weighted by molar-refractivity contribution is 5.88. The minimum Gasteiger partial charge on any atom is -0.369 e. The normalized spacial score (nSPS) is 11.0. The molecule has 3 nitrogen and oxygen atoms in total. The molecule has 0 atom stereocenters. The van der Waals surface area contributed by atoms with Crippen LogP contribution in [0.25, 0.3) is 10.9 Å². The van der Waals surface area contributed by atoms with Crippen LogP contribution in [0.3, 0.4) is 0 Å². The number of hydrogen-bond acceptors (Lipinski definition) is 3. The Morgan fingerprint density at radius 3 is 2.52 bits per heavy atom. The van der Waals surface area contributed by atoms with E-state index in [4.69, 9.17) is 0 Å². The van der Waals surface area contributed by atoms with Gasteiger partial charge in [-0.15, -0.1) is 0 Å². The molecular formula is C16H11F4N3. The van der Waals surface area contributed by atoms with E-state index in [-0.39, 0.29) is 24.0 Å². The maximum absolute atomic E-state index is 13.6. The number of nitrogens with one attached hydrogen (secondary N) is 1. The first kappa shape index (κ1) is 15.2. The lowest BCUT2D eigenvalue weighted by Gasteiger charge is -2.09. The summed E-state index contributed by atoms with van der Waals surface area (Å²) in [5, 5.41) is 3.21. The molecule has 118 valence electrons. The lowest BCUT2D eigenvalue weighted by Crippen LogP contribution is -2.09. The SMILES string of the molecule is Fc1cc2ncnc(NCCc3cccc(F)c3F)c2cc1F. The Kier molecular flexibility index (Phi) is 4.10. The molecule has 0 aliphatic carbocycles. The molecule has 0 spiro atoms. The highest BCUT2D eigenvalue weighted by Crippen LogP contribution is 2.22. The van der Waals surface area contributed by atoms with E-state index in [0.717, 1.165) is 18.2 Å². The van der Waals surface area contributed by atoms with Gasteiger partial charge < -0.3 is 5.32 Å². The summed E-state index contributed by atoms with van der Waals surface area (Å²) in [6, 6.07) is 5.92. The zero-order valence-electron chi connectivity index (χ0n) is 11.8. The Morgan fingerprint density at radius 2 is 1.70 bits per heavy atom. The number of hydrogen-bond donors (Lipinski definition) is 1. The van der Waals surface area contributed by atoms with E-state index in [1.165, 1.54) is 18.5 Å². The summed E-state index contributed by atoms with van der Waals surface area (Å²) in [4.78, 5) is 7.84. The summed E-state index contributed by atoms with van der Waals surface area (Å²) in [6.07, 6.45) is 1.42. The summed E-state index contributed by atoms with van der Waals surface area (Å²) in [5.41, 5.74) is 0.464. The number of fused-ring (bicyclic) bond motifs is 1. The van der Waals surface area contributed by atoms with E-state index in [2.05, 4.69) is 15.3 Å². The highest BCUT2D eigenvalue weighted by Gasteiger charge is 2.10. The van der Waals surface area contributed by atoms with Crippen molar-refractivity contribution in [1.82, 2.24) is 9.97 Å². The molecule has 0 aliphatic rings. The molecule has 0 amide bonds. The summed E-state index contributed by atoms with van der Waals surface area (Å²) in [5.74, 6) is -3.51. The quantitative estimate of drug-likeness (QED) is 0.742. The molecule has 0 aliphatic heterocycles. The molecule has 7 heteroatoms. The molecule has 1 heterocycles. The van der Waals surface area contributed by atoms with Crippen molar-refractivity contribution in [2.45, 2.75) is 6.42 Å². The Bertz CT molecular complexity index is 867. The second kappa shape index (κ2) is 6.20. The van der Waals surface area contributed by atoms with E-state index in [0.29, 0.717) is 11.2 Å². The van der Waals surface area contributed by atoms with Crippen molar-refractivity contribution in [2.75, 3.05) is 11.9 Å². The minimum absolute atomic E-state index is 0.207. The van der Waals surface area contributed by atoms with Gasteiger partial charge in [0.05, 0.1) is 5.52 Å². The number of aromatic nitrogens is 2. The monoisotopic (exact) mass is 321 g/mol. The molecule has 1 N–H and O–H groups in total. The van der Waals surface area contributed by atoms with Crippen LogP contribution in [0, 0.1) is 23.3 Å². The fourth-order valence-electron chi connectivity index (χ4n) is 2.25. The average Bonchev–Trinajstić information content (AvgIpc) is 2.53. The van der Waals surface area contributed by atoms with E-state index >= 15 is 0 Å². The van der Waals surface area contributed by atoms with Crippen molar-refractivity contribution in [1.29, 1.82) is 0 Å². The average molecular weight is 321 g/mol. The fourth-order valence-corrected chi connectivity index (χ4v) is 2.25. The first-order chi connectivity index (χ1) is 11.1. The van der Waals surface area contributed by atoms with E-state index < -0.39 is 23.3 Å². The molecule has 0 saturated carbocycles. The van der Waals surface area contributed by atoms with Crippen molar-refractivity contribution in [2.24, 2.45) is 0 Å². The molecule has 23 heavy (non-hydrogen) atoms. The van der Waals surface area contributed by atoms with Crippen molar-refractivity contribution < 1.29 is 17.6 Å². The molecule has 2 aromatic carbocycles. The molecule has 0 fully saturated rings. The molecule has 1 aromatic heterocycles. The number of nitrogens with zero attached hydrogens (tertiary/aromatic N) is 2. The predicted octanol–water partition coefficient (Wildman–Crippen LogP) is 3.84. The van der Waals surface area contributed by atoms with Crippen LogP contribution in [0.15, 0.2) is 36.7 Å². The van der Waals surface area contributed by atoms with Gasteiger partial charge in [0.1, 0.15) is 12.1 Å². The van der Waals surface area contributed by atoms with E-state index in [1.807, 2.05) is 0 Å². The zero-order valence-corrected chi connectivity index (χ0v) is 11.8. The van der Waals surface area contributed by atoms with Gasteiger partial charge in [0.2, 0.25) is 0 Å². The zero-order chi connectivity index (χ0) is 16.4. The third kappa shape index (κ3) is 3.08. The van der Waals surface area contributed by atoms with Gasteiger partial charge in [-0.1, -0.05) is 12.1 Å². The first-order valence-electron chi connectivity index (χ1n) is 6.83. The van der Waals surface area contributed by atoms with Gasteiger partial charge >= 0.3 is 0 Å². The van der Waals surface area contributed by atoms with Gasteiger partial charge in [0.15, 0.2) is 23.3 Å². The maximum Gasteiger partial charge on any atom is 0.162 e. The number of halogens is 4. The second-order valence-corrected chi connectivity index (χ2v) is 4.90. The highest BCUT2D eigenvalue weighted by atomic mass is 19.2. The third-order valence-electron chi connectivity index (χ3n) is 3.40. The Morgan fingerprint density at radius 1 is 0.913 bits per heavy atom. The van der Waals surface area contributed by atoms with Crippen molar-refractivity contribution >= 4 is 16.7 Å². The van der Waals surface area contributed by atoms with Crippen molar-refractivity contribution in [3.63, 3.8) is 0 Å². The van der Waals surface area contributed by atoms with Gasteiger partial charge in [0.25, 0.3) is 0 Å². The lowest BCUT2D eigenvalue weighted by molar-refractivity contribution is 0.499. The summed E-state index contributed by atoms with van der Waals surface area (Å²) < 4.78 is 53.3. The van der Waals surface area contributed by atoms with Gasteiger partial charge in [0, 0.05) is 18.0 Å². The van der Waals surface area contributed by atoms with Crippen LogP contribution in [-0.4, -0.2) is 16.5 Å². The number of benzene rings is 2. The molecule has 3 rings (SSSR count). The number of rotatable bonds is 4. The Hall–Kier alpha value is -2.70. The van der Waals surface area contributed by atoms with Crippen molar-refractivity contribution in [3.05, 3.63) is 65.5 Å². The standard InChI is InChI=1S/C16H11F4N3/c17-11-3-1-2-9(15(11)20)4-5-21-16-10-6-12(18)13(19)7-14(10)22-8-23-16/h1-3,6-8H,4-5H2,(H,21,22,23). The van der Waals surface area contributed by atoms with E-state index in [9.17, 15) is 17.6 Å². The molecular weight excluding hydrogens is 310 g/mol. The van der Waals surface area contributed by atoms with Crippen LogP contribution < -0.4 is 5.32 Å². The van der Waals surface area contributed by atoms with Crippen LogP contribution in [0.4, 0.5) is 23.4 Å². The summed E-state index contributed by atoms with van der Waals surface area (Å²) >= 11 is 0. The summed E-state index contributed by atoms with van der Waals surface area (Å²) in [7, 11) is 0. The topological polar surface area (TPSA) is 37.8 Å². The molecule has 0 bridgehead atoms. The van der Waals surface area contributed by atoms with Crippen LogP contribution in [0.5, 0.6) is 0 Å². The minimum atomic E-state index is -1.01. The molecule has 0 radical (unpaired) electrons. The van der Waals surface area contributed by atoms with Gasteiger partial charge in [-0.2, -0.15) is 0 Å². The Labute approximate surface area is 129 Å². The van der Waals surface area contributed by atoms with Gasteiger partial charge in [-0.3, -0.25) is 0 Å². The van der Waals surface area contributed by atoms with E-state index in [1.54, 1.807) is 0 Å². The molecule has 0 saturated heterocycles. The maximum atomic E-state index is 13.6. The molecule has 3 aromatic rings.